The Kier molecular flexibility index (Phi) is 10.7. The van der Waals surface area contributed by atoms with Crippen LogP contribution >= 0.6 is 11.8 Å². The summed E-state index contributed by atoms with van der Waals surface area (Å²) in [5.74, 6) is -0.290. The highest BCUT2D eigenvalue weighted by Gasteiger charge is 2.32. The fourth-order valence-electron chi connectivity index (χ4n) is 3.87. The van der Waals surface area contributed by atoms with E-state index < -0.39 is 0 Å². The molecular formula is C28H35FN2OS. The van der Waals surface area contributed by atoms with Crippen molar-refractivity contribution in [3.05, 3.63) is 70.9 Å². The van der Waals surface area contributed by atoms with Crippen LogP contribution in [0, 0.1) is 5.82 Å². The zero-order valence-corrected chi connectivity index (χ0v) is 20.5. The van der Waals surface area contributed by atoms with E-state index in [1.165, 1.54) is 75.3 Å². The van der Waals surface area contributed by atoms with Gasteiger partial charge < -0.3 is 0 Å². The van der Waals surface area contributed by atoms with Gasteiger partial charge in [-0.25, -0.2) is 9.38 Å². The van der Waals surface area contributed by atoms with Crippen LogP contribution in [0.25, 0.3) is 6.08 Å². The number of carbonyl (C=O) groups is 1. The van der Waals surface area contributed by atoms with Crippen LogP contribution in [0.4, 0.5) is 10.1 Å². The van der Waals surface area contributed by atoms with Gasteiger partial charge in [0.1, 0.15) is 5.82 Å². The SMILES string of the molecule is CCCCCCCCCCCCN1C(=O)/C(=C/c2ccccc2)S/C1=N\c1ccc(F)cc1. The zero-order valence-electron chi connectivity index (χ0n) is 19.6. The molecule has 0 saturated carbocycles. The van der Waals surface area contributed by atoms with Gasteiger partial charge in [-0.2, -0.15) is 0 Å². The molecule has 1 saturated heterocycles. The first-order valence-electron chi connectivity index (χ1n) is 12.3. The molecule has 1 amide bonds. The summed E-state index contributed by atoms with van der Waals surface area (Å²) in [6.07, 6.45) is 14.5. The van der Waals surface area contributed by atoms with Crippen LogP contribution in [0.5, 0.6) is 0 Å². The van der Waals surface area contributed by atoms with Gasteiger partial charge in [0.2, 0.25) is 0 Å². The number of halogens is 1. The number of unbranched alkanes of at least 4 members (excludes halogenated alkanes) is 9. The first-order valence-corrected chi connectivity index (χ1v) is 13.1. The Balaban J connectivity index is 1.57. The van der Waals surface area contributed by atoms with Crippen LogP contribution in [0.1, 0.15) is 76.7 Å². The van der Waals surface area contributed by atoms with Crippen molar-refractivity contribution >= 4 is 34.6 Å². The Bertz CT molecular complexity index is 925. The largest absolute Gasteiger partial charge is 0.286 e. The summed E-state index contributed by atoms with van der Waals surface area (Å²) in [5, 5.41) is 0.671. The zero-order chi connectivity index (χ0) is 23.3. The van der Waals surface area contributed by atoms with E-state index in [0.29, 0.717) is 22.3 Å². The molecule has 3 nitrogen and oxygen atoms in total. The molecule has 0 spiro atoms. The first kappa shape index (κ1) is 25.2. The van der Waals surface area contributed by atoms with Gasteiger partial charge in [0.05, 0.1) is 10.6 Å². The molecule has 0 N–H and O–H groups in total. The second-order valence-electron chi connectivity index (χ2n) is 8.53. The molecule has 2 aromatic rings. The second-order valence-corrected chi connectivity index (χ2v) is 9.54. The summed E-state index contributed by atoms with van der Waals surface area (Å²) in [5.41, 5.74) is 1.65. The molecular weight excluding hydrogens is 431 g/mol. The second kappa shape index (κ2) is 14.0. The summed E-state index contributed by atoms with van der Waals surface area (Å²) in [6, 6.07) is 15.9. The van der Waals surface area contributed by atoms with E-state index in [0.717, 1.165) is 18.4 Å². The predicted octanol–water partition coefficient (Wildman–Crippen LogP) is 8.35. The molecule has 0 aromatic heterocycles. The minimum absolute atomic E-state index is 0.000592. The summed E-state index contributed by atoms with van der Waals surface area (Å²) in [6.45, 7) is 2.91. The molecule has 0 bridgehead atoms. The van der Waals surface area contributed by atoms with Crippen LogP contribution in [-0.2, 0) is 4.79 Å². The molecule has 176 valence electrons. The Hall–Kier alpha value is -2.40. The Morgan fingerprint density at radius 2 is 1.45 bits per heavy atom. The lowest BCUT2D eigenvalue weighted by Gasteiger charge is -2.15. The van der Waals surface area contributed by atoms with E-state index in [-0.39, 0.29) is 11.7 Å². The fraction of sp³-hybridized carbons (Fsp3) is 0.429. The van der Waals surface area contributed by atoms with Crippen molar-refractivity contribution in [2.24, 2.45) is 4.99 Å². The molecule has 0 atom stereocenters. The number of thioether (sulfide) groups is 1. The van der Waals surface area contributed by atoms with E-state index >= 15 is 0 Å². The lowest BCUT2D eigenvalue weighted by molar-refractivity contribution is -0.122. The summed E-state index contributed by atoms with van der Waals surface area (Å²) < 4.78 is 13.3. The Morgan fingerprint density at radius 1 is 0.848 bits per heavy atom. The van der Waals surface area contributed by atoms with Crippen molar-refractivity contribution in [1.29, 1.82) is 0 Å². The molecule has 1 heterocycles. The van der Waals surface area contributed by atoms with Gasteiger partial charge >= 0.3 is 0 Å². The summed E-state index contributed by atoms with van der Waals surface area (Å²) in [4.78, 5) is 20.3. The first-order chi connectivity index (χ1) is 16.2. The number of nitrogens with zero attached hydrogens (tertiary/aromatic N) is 2. The van der Waals surface area contributed by atoms with Gasteiger partial charge in [0.25, 0.3) is 5.91 Å². The quantitative estimate of drug-likeness (QED) is 0.219. The highest BCUT2D eigenvalue weighted by atomic mass is 32.2. The molecule has 1 aliphatic rings. The van der Waals surface area contributed by atoms with Crippen molar-refractivity contribution < 1.29 is 9.18 Å². The number of hydrogen-bond donors (Lipinski definition) is 0. The summed E-state index contributed by atoms with van der Waals surface area (Å²) in [7, 11) is 0. The molecule has 2 aromatic carbocycles. The standard InChI is InChI=1S/C28H35FN2OS/c1-2-3-4-5-6-7-8-9-10-14-21-31-27(32)26(22-23-15-12-11-13-16-23)33-28(31)30-25-19-17-24(29)18-20-25/h11-13,15-20,22H,2-10,14,21H2,1H3/b26-22-,30-28-. The van der Waals surface area contributed by atoms with Gasteiger partial charge in [-0.1, -0.05) is 95.0 Å². The van der Waals surface area contributed by atoms with E-state index in [1.807, 2.05) is 36.4 Å². The lowest BCUT2D eigenvalue weighted by Crippen LogP contribution is -2.30. The minimum Gasteiger partial charge on any atom is -0.286 e. The van der Waals surface area contributed by atoms with E-state index in [9.17, 15) is 9.18 Å². The smallest absolute Gasteiger partial charge is 0.266 e. The maximum Gasteiger partial charge on any atom is 0.266 e. The van der Waals surface area contributed by atoms with Crippen molar-refractivity contribution in [1.82, 2.24) is 4.90 Å². The molecule has 0 aliphatic carbocycles. The molecule has 5 heteroatoms. The molecule has 0 unspecified atom stereocenters. The number of benzene rings is 2. The molecule has 1 aliphatic heterocycles. The van der Waals surface area contributed by atoms with Gasteiger partial charge in [-0.05, 0) is 54.1 Å². The number of amides is 1. The van der Waals surface area contributed by atoms with Crippen molar-refractivity contribution in [2.75, 3.05) is 6.54 Å². The number of hydrogen-bond acceptors (Lipinski definition) is 3. The van der Waals surface area contributed by atoms with Gasteiger partial charge in [-0.3, -0.25) is 9.69 Å². The van der Waals surface area contributed by atoms with Crippen molar-refractivity contribution in [2.45, 2.75) is 71.1 Å². The van der Waals surface area contributed by atoms with Gasteiger partial charge in [0, 0.05) is 6.54 Å². The maximum absolute atomic E-state index is 13.3. The minimum atomic E-state index is -0.291. The number of amidine groups is 1. The van der Waals surface area contributed by atoms with Gasteiger partial charge in [0.15, 0.2) is 5.17 Å². The Morgan fingerprint density at radius 3 is 2.09 bits per heavy atom. The van der Waals surface area contributed by atoms with Crippen molar-refractivity contribution in [3.63, 3.8) is 0 Å². The Labute approximate surface area is 202 Å². The fourth-order valence-corrected chi connectivity index (χ4v) is 4.90. The highest BCUT2D eigenvalue weighted by molar-refractivity contribution is 8.18. The van der Waals surface area contributed by atoms with E-state index in [1.54, 1.807) is 17.0 Å². The van der Waals surface area contributed by atoms with Crippen molar-refractivity contribution in [3.8, 4) is 0 Å². The number of aliphatic imine (C=N–C) groups is 1. The third-order valence-electron chi connectivity index (χ3n) is 5.77. The summed E-state index contributed by atoms with van der Waals surface area (Å²) >= 11 is 1.40. The highest BCUT2D eigenvalue weighted by Crippen LogP contribution is 2.34. The van der Waals surface area contributed by atoms with E-state index in [4.69, 9.17) is 0 Å². The van der Waals surface area contributed by atoms with Crippen LogP contribution in [0.3, 0.4) is 0 Å². The van der Waals surface area contributed by atoms with Crippen LogP contribution in [-0.4, -0.2) is 22.5 Å². The van der Waals surface area contributed by atoms with E-state index in [2.05, 4.69) is 11.9 Å². The average Bonchev–Trinajstić information content (AvgIpc) is 3.11. The third-order valence-corrected chi connectivity index (χ3v) is 6.78. The molecule has 3 rings (SSSR count). The normalized spacial score (nSPS) is 16.3. The molecule has 33 heavy (non-hydrogen) atoms. The number of rotatable bonds is 13. The van der Waals surface area contributed by atoms with Crippen LogP contribution in [0.2, 0.25) is 0 Å². The lowest BCUT2D eigenvalue weighted by atomic mass is 10.1. The maximum atomic E-state index is 13.3. The molecule has 0 radical (unpaired) electrons. The van der Waals surface area contributed by atoms with Crippen LogP contribution in [0.15, 0.2) is 64.5 Å². The topological polar surface area (TPSA) is 32.7 Å². The van der Waals surface area contributed by atoms with Crippen LogP contribution < -0.4 is 0 Å². The monoisotopic (exact) mass is 466 g/mol. The number of carbonyl (C=O) groups excluding carboxylic acids is 1. The average molecular weight is 467 g/mol. The predicted molar refractivity (Wildman–Crippen MR) is 139 cm³/mol. The van der Waals surface area contributed by atoms with Gasteiger partial charge in [-0.15, -0.1) is 0 Å². The third kappa shape index (κ3) is 8.47. The molecule has 1 fully saturated rings.